The van der Waals surface area contributed by atoms with E-state index in [4.69, 9.17) is 18.1 Å². The monoisotopic (exact) mass is 466 g/mol. The average Bonchev–Trinajstić information content (AvgIpc) is 2.81. The van der Waals surface area contributed by atoms with Gasteiger partial charge in [0, 0.05) is 13.1 Å². The van der Waals surface area contributed by atoms with Crippen molar-refractivity contribution in [3.63, 3.8) is 0 Å². The number of nitrogens with zero attached hydrogens (tertiary/aromatic N) is 2. The van der Waals surface area contributed by atoms with Crippen LogP contribution in [0.3, 0.4) is 0 Å². The van der Waals surface area contributed by atoms with Crippen LogP contribution in [0.1, 0.15) is 20.7 Å². The zero-order chi connectivity index (χ0) is 21.7. The van der Waals surface area contributed by atoms with Gasteiger partial charge in [0.15, 0.2) is 11.5 Å². The van der Waals surface area contributed by atoms with E-state index in [1.807, 2.05) is 12.1 Å². The number of carbonyl (C=O) groups excluding carboxylic acids is 2. The standard InChI is InChI=1S/C22H16N2O6P2/c25-21-15-7-1-3-9-17(15)27-31-23(21)13-14-24-22(26)16-8-2-4-10-18(16)28-32(24)30-20-12-6-5-11-19(20)29-31/h1-12H,13-14H2. The second-order valence-electron chi connectivity index (χ2n) is 7.14. The summed E-state index contributed by atoms with van der Waals surface area (Å²) in [7, 11) is -3.58. The summed E-state index contributed by atoms with van der Waals surface area (Å²) in [5.41, 5.74) is 0.926. The largest absolute Gasteiger partial charge is 0.422 e. The smallest absolute Gasteiger partial charge is 0.419 e. The highest BCUT2D eigenvalue weighted by Gasteiger charge is 2.43. The van der Waals surface area contributed by atoms with Crippen LogP contribution in [0.15, 0.2) is 72.8 Å². The van der Waals surface area contributed by atoms with Crippen molar-refractivity contribution in [3.8, 4) is 23.0 Å². The van der Waals surface area contributed by atoms with Crippen molar-refractivity contribution in [3.05, 3.63) is 83.9 Å². The van der Waals surface area contributed by atoms with Crippen molar-refractivity contribution < 1.29 is 27.7 Å². The molecular formula is C22H16N2O6P2. The Kier molecular flexibility index (Phi) is 4.63. The van der Waals surface area contributed by atoms with Gasteiger partial charge in [0.1, 0.15) is 11.5 Å². The lowest BCUT2D eigenvalue weighted by atomic mass is 10.2. The maximum Gasteiger partial charge on any atom is 0.419 e. The van der Waals surface area contributed by atoms with Crippen molar-refractivity contribution in [2.45, 2.75) is 0 Å². The summed E-state index contributed by atoms with van der Waals surface area (Å²) in [6.07, 6.45) is 0. The molecule has 3 aliphatic rings. The quantitative estimate of drug-likeness (QED) is 0.435. The lowest BCUT2D eigenvalue weighted by Crippen LogP contribution is -2.42. The Morgan fingerprint density at radius 2 is 0.875 bits per heavy atom. The van der Waals surface area contributed by atoms with E-state index in [2.05, 4.69) is 0 Å². The van der Waals surface area contributed by atoms with Gasteiger partial charge in [-0.3, -0.25) is 9.59 Å². The van der Waals surface area contributed by atoms with E-state index in [0.29, 0.717) is 34.1 Å². The second kappa shape index (κ2) is 7.66. The molecule has 32 heavy (non-hydrogen) atoms. The molecule has 0 spiro atoms. The number of hydrogen-bond donors (Lipinski definition) is 0. The fourth-order valence-corrected chi connectivity index (χ4v) is 6.38. The Morgan fingerprint density at radius 1 is 0.531 bits per heavy atom. The molecule has 3 aromatic carbocycles. The van der Waals surface area contributed by atoms with E-state index in [-0.39, 0.29) is 24.9 Å². The second-order valence-corrected chi connectivity index (χ2v) is 9.78. The number of para-hydroxylation sites is 4. The van der Waals surface area contributed by atoms with Crippen LogP contribution in [-0.4, -0.2) is 34.2 Å². The molecule has 0 bridgehead atoms. The molecule has 0 fully saturated rings. The van der Waals surface area contributed by atoms with E-state index in [9.17, 15) is 9.59 Å². The van der Waals surface area contributed by atoms with Crippen LogP contribution in [0, 0.1) is 0 Å². The van der Waals surface area contributed by atoms with Gasteiger partial charge in [0.05, 0.1) is 11.1 Å². The molecule has 3 heterocycles. The number of amides is 2. The Labute approximate surface area is 186 Å². The Bertz CT molecular complexity index is 1140. The summed E-state index contributed by atoms with van der Waals surface area (Å²) in [4.78, 5) is 26.6. The van der Waals surface area contributed by atoms with Gasteiger partial charge in [-0.15, -0.1) is 0 Å². The third-order valence-corrected chi connectivity index (χ3v) is 8.14. The highest BCUT2D eigenvalue weighted by atomic mass is 31.2. The van der Waals surface area contributed by atoms with E-state index in [0.717, 1.165) is 0 Å². The molecule has 2 amide bonds. The topological polar surface area (TPSA) is 77.5 Å². The maximum atomic E-state index is 13.3. The van der Waals surface area contributed by atoms with Crippen LogP contribution in [0.5, 0.6) is 23.0 Å². The summed E-state index contributed by atoms with van der Waals surface area (Å²) in [5.74, 6) is 1.37. The summed E-state index contributed by atoms with van der Waals surface area (Å²) in [5, 5.41) is 0. The van der Waals surface area contributed by atoms with Gasteiger partial charge in [-0.25, -0.2) is 9.34 Å². The van der Waals surface area contributed by atoms with Crippen molar-refractivity contribution in [2.75, 3.05) is 13.1 Å². The summed E-state index contributed by atoms with van der Waals surface area (Å²) >= 11 is 0. The summed E-state index contributed by atoms with van der Waals surface area (Å²) < 4.78 is 27.5. The van der Waals surface area contributed by atoms with E-state index >= 15 is 0 Å². The lowest BCUT2D eigenvalue weighted by Gasteiger charge is -2.39. The van der Waals surface area contributed by atoms with Crippen LogP contribution in [0.4, 0.5) is 0 Å². The van der Waals surface area contributed by atoms with Crippen LogP contribution >= 0.6 is 17.1 Å². The van der Waals surface area contributed by atoms with Gasteiger partial charge in [-0.1, -0.05) is 36.4 Å². The first-order chi connectivity index (χ1) is 15.7. The molecule has 0 saturated carbocycles. The number of fused-ring (bicyclic) bond motifs is 5. The minimum atomic E-state index is -1.79. The normalized spacial score (nSPS) is 21.2. The Morgan fingerprint density at radius 3 is 1.31 bits per heavy atom. The fourth-order valence-electron chi connectivity index (χ4n) is 3.60. The van der Waals surface area contributed by atoms with Gasteiger partial charge in [0.25, 0.3) is 11.8 Å². The minimum absolute atomic E-state index is 0.202. The fraction of sp³-hybridized carbons (Fsp3) is 0.0909. The molecule has 0 aliphatic carbocycles. The molecule has 3 aromatic rings. The molecule has 6 rings (SSSR count). The molecule has 0 radical (unpaired) electrons. The highest BCUT2D eigenvalue weighted by Crippen LogP contribution is 2.56. The molecule has 2 unspecified atom stereocenters. The van der Waals surface area contributed by atoms with Gasteiger partial charge in [-0.2, -0.15) is 0 Å². The number of rotatable bonds is 0. The zero-order valence-corrected chi connectivity index (χ0v) is 18.4. The number of benzene rings is 3. The minimum Gasteiger partial charge on any atom is -0.422 e. The highest BCUT2D eigenvalue weighted by molar-refractivity contribution is 7.47. The van der Waals surface area contributed by atoms with Crippen molar-refractivity contribution in [2.24, 2.45) is 0 Å². The van der Waals surface area contributed by atoms with Gasteiger partial charge < -0.3 is 18.1 Å². The molecular weight excluding hydrogens is 450 g/mol. The molecule has 10 heteroatoms. The molecule has 0 aromatic heterocycles. The Balaban J connectivity index is 1.43. The van der Waals surface area contributed by atoms with Crippen LogP contribution < -0.4 is 18.1 Å². The third-order valence-electron chi connectivity index (χ3n) is 5.18. The Hall–Kier alpha value is -3.34. The first kappa shape index (κ1) is 19.4. The van der Waals surface area contributed by atoms with Gasteiger partial charge in [0.2, 0.25) is 0 Å². The van der Waals surface area contributed by atoms with E-state index in [1.54, 1.807) is 70.0 Å². The molecule has 3 aliphatic heterocycles. The molecule has 0 N–H and O–H groups in total. The predicted molar refractivity (Wildman–Crippen MR) is 118 cm³/mol. The first-order valence-electron chi connectivity index (χ1n) is 9.92. The van der Waals surface area contributed by atoms with E-state index in [1.165, 1.54) is 0 Å². The lowest BCUT2D eigenvalue weighted by molar-refractivity contribution is 0.0768. The van der Waals surface area contributed by atoms with Crippen LogP contribution in [-0.2, 0) is 0 Å². The predicted octanol–water partition coefficient (Wildman–Crippen LogP) is 4.98. The van der Waals surface area contributed by atoms with Crippen molar-refractivity contribution in [1.82, 2.24) is 9.34 Å². The van der Waals surface area contributed by atoms with Crippen LogP contribution in [0.2, 0.25) is 0 Å². The van der Waals surface area contributed by atoms with Crippen LogP contribution in [0.25, 0.3) is 0 Å². The SMILES string of the molecule is O=C1c2ccccc2OP2Oc3ccccc3OP3Oc4ccccc4C(=O)N3CCN12. The zero-order valence-electron chi connectivity index (χ0n) is 16.6. The molecule has 2 atom stereocenters. The van der Waals surface area contributed by atoms with Crippen molar-refractivity contribution in [1.29, 1.82) is 0 Å². The average molecular weight is 466 g/mol. The number of hydrogen-bond acceptors (Lipinski definition) is 6. The number of carbonyl (C=O) groups is 2. The molecule has 8 nitrogen and oxygen atoms in total. The van der Waals surface area contributed by atoms with E-state index < -0.39 is 17.1 Å². The summed E-state index contributed by atoms with van der Waals surface area (Å²) in [6.45, 7) is 0.418. The first-order valence-corrected chi connectivity index (χ1v) is 12.2. The van der Waals surface area contributed by atoms with Crippen molar-refractivity contribution >= 4 is 28.9 Å². The molecule has 0 saturated heterocycles. The molecule has 160 valence electrons. The van der Waals surface area contributed by atoms with Gasteiger partial charge in [-0.05, 0) is 36.4 Å². The summed E-state index contributed by atoms with van der Waals surface area (Å²) in [6, 6.07) is 21.2. The van der Waals surface area contributed by atoms with Gasteiger partial charge >= 0.3 is 17.1 Å². The third kappa shape index (κ3) is 3.15. The maximum absolute atomic E-state index is 13.3.